The highest BCUT2D eigenvalue weighted by Crippen LogP contribution is 2.33. The smallest absolute Gasteiger partial charge is 0.244 e. The predicted octanol–water partition coefficient (Wildman–Crippen LogP) is 4.68. The zero-order chi connectivity index (χ0) is 51.7. The number of nitrogens with zero attached hydrogens (tertiary/aromatic N) is 4. The van der Waals surface area contributed by atoms with Crippen molar-refractivity contribution in [2.45, 2.75) is 99.2 Å². The number of nitrogens with two attached hydrogens (primary N) is 2. The summed E-state index contributed by atoms with van der Waals surface area (Å²) in [4.78, 5) is 55.8. The van der Waals surface area contributed by atoms with Gasteiger partial charge in [-0.3, -0.25) is 29.0 Å². The number of piperazine rings is 2. The number of nitrogens with one attached hydrogen (secondary N) is 2. The molecule has 4 fully saturated rings. The number of hydrogen-bond donors (Lipinski definition) is 4. The summed E-state index contributed by atoms with van der Waals surface area (Å²) in [7, 11) is -7.15. The first kappa shape index (κ1) is 54.1. The van der Waals surface area contributed by atoms with Crippen LogP contribution in [-0.2, 0) is 39.2 Å². The normalized spacial score (nSPS) is 22.6. The van der Waals surface area contributed by atoms with Crippen molar-refractivity contribution in [3.05, 3.63) is 131 Å². The summed E-state index contributed by atoms with van der Waals surface area (Å²) < 4.78 is 81.9. The number of rotatable bonds is 14. The number of carbonyl (C=O) groups excluding carboxylic acids is 4. The van der Waals surface area contributed by atoms with Gasteiger partial charge in [0.2, 0.25) is 43.7 Å². The van der Waals surface area contributed by atoms with Crippen molar-refractivity contribution >= 4 is 43.7 Å². The van der Waals surface area contributed by atoms with E-state index in [1.165, 1.54) is 57.1 Å². The van der Waals surface area contributed by atoms with Crippen LogP contribution in [0.5, 0.6) is 0 Å². The quantitative estimate of drug-likeness (QED) is 0.136. The van der Waals surface area contributed by atoms with E-state index < -0.39 is 55.6 Å². The van der Waals surface area contributed by atoms with Crippen LogP contribution in [0.3, 0.4) is 0 Å². The number of sulfonamides is 2. The van der Waals surface area contributed by atoms with E-state index in [1.807, 2.05) is 13.8 Å². The average Bonchev–Trinajstić information content (AvgIpc) is 3.38. The molecule has 72 heavy (non-hydrogen) atoms. The second-order valence-electron chi connectivity index (χ2n) is 19.2. The van der Waals surface area contributed by atoms with Crippen molar-refractivity contribution in [1.29, 1.82) is 0 Å². The molecule has 0 radical (unpaired) electrons. The first-order valence-electron chi connectivity index (χ1n) is 24.7. The summed E-state index contributed by atoms with van der Waals surface area (Å²) in [6, 6.07) is 22.2. The molecule has 2 saturated carbocycles. The lowest BCUT2D eigenvalue weighted by Gasteiger charge is -2.43. The molecule has 2 aliphatic heterocycles. The van der Waals surface area contributed by atoms with Gasteiger partial charge in [0.1, 0.15) is 23.7 Å². The summed E-state index contributed by atoms with van der Waals surface area (Å²) in [5, 5.41) is 5.56. The minimum absolute atomic E-state index is 0.0512. The van der Waals surface area contributed by atoms with E-state index in [4.69, 9.17) is 11.5 Å². The van der Waals surface area contributed by atoms with Crippen molar-refractivity contribution < 1.29 is 44.8 Å². The van der Waals surface area contributed by atoms with Gasteiger partial charge in [-0.1, -0.05) is 85.3 Å². The Balaban J connectivity index is 0.000000211. The Morgan fingerprint density at radius 3 is 1.10 bits per heavy atom. The van der Waals surface area contributed by atoms with Crippen LogP contribution in [0, 0.1) is 37.3 Å². The standard InChI is InChI=1S/2C26H33FN4O4S/c2*1-18-6-12-21(13-7-18)36(34,35)31-16-14-30(15-17-31)23-5-3-2-4-22(23)26(33)29-24(25(28)32)19-8-10-20(27)11-9-19/h2*6-13,22-24H,2-5,14-17H2,1H3,(H2,28,32)(H,29,33)/t22-,23-,24+;22-,23-,24-/m10/s1. The van der Waals surface area contributed by atoms with Crippen LogP contribution >= 0.6 is 0 Å². The Morgan fingerprint density at radius 2 is 0.792 bits per heavy atom. The van der Waals surface area contributed by atoms with E-state index in [2.05, 4.69) is 20.4 Å². The van der Waals surface area contributed by atoms with Gasteiger partial charge in [0.15, 0.2) is 0 Å². The number of benzene rings is 4. The molecule has 2 saturated heterocycles. The highest BCUT2D eigenvalue weighted by Gasteiger charge is 2.41. The molecule has 0 aromatic heterocycles. The highest BCUT2D eigenvalue weighted by molar-refractivity contribution is 7.89. The van der Waals surface area contributed by atoms with Crippen molar-refractivity contribution in [3.63, 3.8) is 0 Å². The number of primary amides is 2. The van der Waals surface area contributed by atoms with Crippen molar-refractivity contribution in [2.24, 2.45) is 23.3 Å². The van der Waals surface area contributed by atoms with Crippen LogP contribution in [0.2, 0.25) is 0 Å². The molecule has 4 aromatic rings. The molecular weight excluding hydrogens is 967 g/mol. The van der Waals surface area contributed by atoms with Gasteiger partial charge in [-0.25, -0.2) is 25.6 Å². The SMILES string of the molecule is Cc1ccc(S(=O)(=O)N2CCN([C@@H]3CCCC[C@H]3C(=O)N[C@H](C(N)=O)c3ccc(F)cc3)CC2)cc1.Cc1ccc(S(=O)(=O)N2CCN([C@H]3CCCC[C@@H]3C(=O)N[C@H](C(N)=O)c3ccc(F)cc3)CC2)cc1. The fourth-order valence-electron chi connectivity index (χ4n) is 10.4. The van der Waals surface area contributed by atoms with Crippen molar-refractivity contribution in [1.82, 2.24) is 29.0 Å². The van der Waals surface area contributed by atoms with Gasteiger partial charge < -0.3 is 22.1 Å². The zero-order valence-corrected chi connectivity index (χ0v) is 42.4. The molecule has 2 heterocycles. The summed E-state index contributed by atoms with van der Waals surface area (Å²) in [5.74, 6) is -3.52. The van der Waals surface area contributed by atoms with Gasteiger partial charge in [-0.2, -0.15) is 8.61 Å². The summed E-state index contributed by atoms with van der Waals surface area (Å²) in [6.45, 7) is 7.32. The van der Waals surface area contributed by atoms with E-state index in [1.54, 1.807) is 48.5 Å². The molecular formula is C52H66F2N8O8S2. The van der Waals surface area contributed by atoms with E-state index >= 15 is 0 Å². The number of carbonyl (C=O) groups is 4. The molecule has 0 unspecified atom stereocenters. The number of amides is 4. The molecule has 388 valence electrons. The van der Waals surface area contributed by atoms with E-state index in [0.717, 1.165) is 49.7 Å². The Morgan fingerprint density at radius 1 is 0.486 bits per heavy atom. The maximum atomic E-state index is 13.3. The largest absolute Gasteiger partial charge is 0.368 e. The molecule has 0 bridgehead atoms. The van der Waals surface area contributed by atoms with E-state index in [0.29, 0.717) is 76.3 Å². The molecule has 4 amide bonds. The minimum atomic E-state index is -3.57. The van der Waals surface area contributed by atoms with E-state index in [-0.39, 0.29) is 45.5 Å². The van der Waals surface area contributed by atoms with Gasteiger partial charge in [-0.05, 0) is 99.2 Å². The third kappa shape index (κ3) is 13.1. The second-order valence-corrected chi connectivity index (χ2v) is 23.1. The topological polar surface area (TPSA) is 226 Å². The zero-order valence-electron chi connectivity index (χ0n) is 40.8. The Labute approximate surface area is 421 Å². The number of aryl methyl sites for hydroxylation is 2. The third-order valence-electron chi connectivity index (χ3n) is 14.5. The van der Waals surface area contributed by atoms with Crippen molar-refractivity contribution in [2.75, 3.05) is 52.4 Å². The molecule has 6 N–H and O–H groups in total. The molecule has 20 heteroatoms. The minimum Gasteiger partial charge on any atom is -0.368 e. The lowest BCUT2D eigenvalue weighted by Crippen LogP contribution is -2.56. The van der Waals surface area contributed by atoms with Crippen LogP contribution in [0.4, 0.5) is 8.78 Å². The second kappa shape index (κ2) is 23.9. The maximum Gasteiger partial charge on any atom is 0.244 e. The van der Waals surface area contributed by atoms with Gasteiger partial charge in [0.25, 0.3) is 0 Å². The highest BCUT2D eigenvalue weighted by atomic mass is 32.2. The molecule has 6 atom stereocenters. The van der Waals surface area contributed by atoms with Crippen LogP contribution in [0.1, 0.15) is 85.7 Å². The fraction of sp³-hybridized carbons (Fsp3) is 0.462. The molecule has 4 aliphatic rings. The first-order chi connectivity index (χ1) is 34.3. The number of halogens is 2. The van der Waals surface area contributed by atoms with Crippen LogP contribution in [0.25, 0.3) is 0 Å². The van der Waals surface area contributed by atoms with Gasteiger partial charge in [0, 0.05) is 64.4 Å². The predicted molar refractivity (Wildman–Crippen MR) is 267 cm³/mol. The van der Waals surface area contributed by atoms with Gasteiger partial charge in [-0.15, -0.1) is 0 Å². The molecule has 4 aromatic carbocycles. The van der Waals surface area contributed by atoms with E-state index in [9.17, 15) is 44.8 Å². The van der Waals surface area contributed by atoms with Crippen LogP contribution in [-0.4, -0.2) is 123 Å². The summed E-state index contributed by atoms with van der Waals surface area (Å²) >= 11 is 0. The van der Waals surface area contributed by atoms with Crippen LogP contribution < -0.4 is 22.1 Å². The maximum absolute atomic E-state index is 13.3. The van der Waals surface area contributed by atoms with Gasteiger partial charge in [0.05, 0.1) is 21.6 Å². The molecule has 8 rings (SSSR count). The third-order valence-corrected chi connectivity index (χ3v) is 18.3. The summed E-state index contributed by atoms with van der Waals surface area (Å²) in [5.41, 5.74) is 14.0. The number of hydrogen-bond acceptors (Lipinski definition) is 10. The Bertz CT molecular complexity index is 2550. The first-order valence-corrected chi connectivity index (χ1v) is 27.5. The lowest BCUT2D eigenvalue weighted by atomic mass is 9.82. The summed E-state index contributed by atoms with van der Waals surface area (Å²) in [6.07, 6.45) is 6.74. The lowest BCUT2D eigenvalue weighted by molar-refractivity contribution is -0.133. The Hall–Kier alpha value is -5.64. The Kier molecular flexibility index (Phi) is 18.0. The monoisotopic (exact) mass is 1030 g/mol. The molecule has 2 aliphatic carbocycles. The molecule has 16 nitrogen and oxygen atoms in total. The molecule has 0 spiro atoms. The van der Waals surface area contributed by atoms with Gasteiger partial charge >= 0.3 is 0 Å². The fourth-order valence-corrected chi connectivity index (χ4v) is 13.3. The van der Waals surface area contributed by atoms with Crippen molar-refractivity contribution in [3.8, 4) is 0 Å². The average molecular weight is 1030 g/mol. The van der Waals surface area contributed by atoms with Crippen LogP contribution in [0.15, 0.2) is 107 Å².